The van der Waals surface area contributed by atoms with Gasteiger partial charge in [0.2, 0.25) is 5.91 Å². The molecular weight excluding hydrogens is 408 g/mol. The molecule has 11 heteroatoms. The zero-order valence-electron chi connectivity index (χ0n) is 17.0. The molecule has 0 radical (unpaired) electrons. The predicted octanol–water partition coefficient (Wildman–Crippen LogP) is 0.611. The Balaban J connectivity index is 1.77. The lowest BCUT2D eigenvalue weighted by atomic mass is 10.1. The molecule has 0 aliphatic heterocycles. The fraction of sp³-hybridized carbons (Fsp3) is 0.200. The van der Waals surface area contributed by atoms with Crippen LogP contribution in [-0.2, 0) is 4.79 Å². The van der Waals surface area contributed by atoms with Crippen LogP contribution >= 0.6 is 0 Å². The van der Waals surface area contributed by atoms with Gasteiger partial charge in [0.05, 0.1) is 49.9 Å². The van der Waals surface area contributed by atoms with Gasteiger partial charge in [0.1, 0.15) is 5.75 Å². The Labute approximate surface area is 175 Å². The largest absolute Gasteiger partial charge is 0.496 e. The maximum Gasteiger partial charge on any atom is 0.272 e. The van der Waals surface area contributed by atoms with Crippen LogP contribution < -0.4 is 36.0 Å². The van der Waals surface area contributed by atoms with Crippen molar-refractivity contribution < 1.29 is 23.8 Å². The SMILES string of the molecule is COc1cc(OC)c(C(=O)NCC(=O)Nc2cccc3c(=O)[nH][nH]c(=O)c23)cc1OC. The Bertz CT molecular complexity index is 1260. The van der Waals surface area contributed by atoms with Gasteiger partial charge in [-0.2, -0.15) is 0 Å². The average Bonchev–Trinajstić information content (AvgIpc) is 2.78. The van der Waals surface area contributed by atoms with Crippen molar-refractivity contribution in [2.24, 2.45) is 0 Å². The Morgan fingerprint density at radius 1 is 0.903 bits per heavy atom. The maximum absolute atomic E-state index is 12.6. The molecule has 0 unspecified atom stereocenters. The Hall–Kier alpha value is -4.28. The number of carbonyl (C=O) groups excluding carboxylic acids is 2. The molecule has 3 aromatic rings. The topological polar surface area (TPSA) is 152 Å². The molecule has 0 saturated heterocycles. The Kier molecular flexibility index (Phi) is 6.24. The summed E-state index contributed by atoms with van der Waals surface area (Å²) < 4.78 is 15.6. The molecule has 3 rings (SSSR count). The van der Waals surface area contributed by atoms with Crippen LogP contribution in [0.15, 0.2) is 39.9 Å². The zero-order chi connectivity index (χ0) is 22.5. The van der Waals surface area contributed by atoms with Gasteiger partial charge in [-0.15, -0.1) is 0 Å². The highest BCUT2D eigenvalue weighted by Gasteiger charge is 2.19. The van der Waals surface area contributed by atoms with Gasteiger partial charge < -0.3 is 24.8 Å². The van der Waals surface area contributed by atoms with Gasteiger partial charge in [-0.05, 0) is 12.1 Å². The third-order valence-corrected chi connectivity index (χ3v) is 4.46. The molecule has 0 aliphatic rings. The number of aromatic nitrogens is 2. The summed E-state index contributed by atoms with van der Waals surface area (Å²) in [5.41, 5.74) is -0.780. The van der Waals surface area contributed by atoms with Gasteiger partial charge in [0, 0.05) is 12.1 Å². The van der Waals surface area contributed by atoms with Crippen LogP contribution in [0.2, 0.25) is 0 Å². The van der Waals surface area contributed by atoms with E-state index in [1.54, 1.807) is 0 Å². The molecule has 0 atom stereocenters. The summed E-state index contributed by atoms with van der Waals surface area (Å²) in [5.74, 6) is -0.251. The van der Waals surface area contributed by atoms with Gasteiger partial charge in [-0.3, -0.25) is 29.4 Å². The first-order valence-electron chi connectivity index (χ1n) is 9.01. The lowest BCUT2D eigenvalue weighted by molar-refractivity contribution is -0.115. The number of fused-ring (bicyclic) bond motifs is 1. The second-order valence-corrected chi connectivity index (χ2v) is 6.27. The van der Waals surface area contributed by atoms with Crippen LogP contribution in [0.5, 0.6) is 17.2 Å². The lowest BCUT2D eigenvalue weighted by Crippen LogP contribution is -2.33. The number of rotatable bonds is 7. The normalized spacial score (nSPS) is 10.4. The molecule has 0 fully saturated rings. The molecule has 11 nitrogen and oxygen atoms in total. The number of carbonyl (C=O) groups is 2. The van der Waals surface area contributed by atoms with Crippen LogP contribution in [0.1, 0.15) is 10.4 Å². The Morgan fingerprint density at radius 3 is 2.23 bits per heavy atom. The minimum absolute atomic E-state index is 0.0347. The smallest absolute Gasteiger partial charge is 0.272 e. The van der Waals surface area contributed by atoms with E-state index >= 15 is 0 Å². The Morgan fingerprint density at radius 2 is 1.55 bits per heavy atom. The molecule has 2 aromatic carbocycles. The van der Waals surface area contributed by atoms with Crippen molar-refractivity contribution in [3.8, 4) is 17.2 Å². The molecule has 1 aromatic heterocycles. The van der Waals surface area contributed by atoms with E-state index in [0.29, 0.717) is 11.5 Å². The van der Waals surface area contributed by atoms with Crippen LogP contribution in [-0.4, -0.2) is 49.9 Å². The fourth-order valence-electron chi connectivity index (χ4n) is 2.99. The molecule has 162 valence electrons. The number of hydrogen-bond acceptors (Lipinski definition) is 7. The number of anilines is 1. The molecule has 0 saturated carbocycles. The van der Waals surface area contributed by atoms with E-state index in [-0.39, 0.29) is 27.8 Å². The number of amides is 2. The van der Waals surface area contributed by atoms with E-state index in [4.69, 9.17) is 14.2 Å². The van der Waals surface area contributed by atoms with Crippen molar-refractivity contribution in [2.75, 3.05) is 33.2 Å². The number of methoxy groups -OCH3 is 3. The first-order valence-corrected chi connectivity index (χ1v) is 9.01. The van der Waals surface area contributed by atoms with Crippen LogP contribution in [0.3, 0.4) is 0 Å². The van der Waals surface area contributed by atoms with Crippen molar-refractivity contribution >= 4 is 28.3 Å². The molecule has 0 aliphatic carbocycles. The minimum Gasteiger partial charge on any atom is -0.496 e. The first kappa shape index (κ1) is 21.4. The van der Waals surface area contributed by atoms with Crippen LogP contribution in [0.4, 0.5) is 5.69 Å². The van der Waals surface area contributed by atoms with Crippen molar-refractivity contribution in [3.63, 3.8) is 0 Å². The lowest BCUT2D eigenvalue weighted by Gasteiger charge is -2.14. The second kappa shape index (κ2) is 9.03. The van der Waals surface area contributed by atoms with Crippen LogP contribution in [0.25, 0.3) is 10.8 Å². The zero-order valence-corrected chi connectivity index (χ0v) is 17.0. The summed E-state index contributed by atoms with van der Waals surface area (Å²) in [7, 11) is 4.27. The van der Waals surface area contributed by atoms with Crippen molar-refractivity contribution in [3.05, 3.63) is 56.6 Å². The maximum atomic E-state index is 12.6. The van der Waals surface area contributed by atoms with Gasteiger partial charge in [-0.25, -0.2) is 0 Å². The monoisotopic (exact) mass is 428 g/mol. The van der Waals surface area contributed by atoms with E-state index in [9.17, 15) is 19.2 Å². The third kappa shape index (κ3) is 4.34. The third-order valence-electron chi connectivity index (χ3n) is 4.46. The number of aromatic amines is 2. The van der Waals surface area contributed by atoms with Crippen molar-refractivity contribution in [1.82, 2.24) is 15.5 Å². The minimum atomic E-state index is -0.597. The highest BCUT2D eigenvalue weighted by molar-refractivity contribution is 6.04. The molecule has 0 spiro atoms. The van der Waals surface area contributed by atoms with E-state index in [1.165, 1.54) is 51.7 Å². The van der Waals surface area contributed by atoms with E-state index in [1.807, 2.05) is 0 Å². The van der Waals surface area contributed by atoms with Crippen molar-refractivity contribution in [2.45, 2.75) is 0 Å². The summed E-state index contributed by atoms with van der Waals surface area (Å²) in [4.78, 5) is 48.9. The average molecular weight is 428 g/mol. The van der Waals surface area contributed by atoms with Crippen molar-refractivity contribution in [1.29, 1.82) is 0 Å². The molecule has 1 heterocycles. The number of nitrogens with one attached hydrogen (secondary N) is 4. The number of hydrogen-bond donors (Lipinski definition) is 4. The molecule has 2 amide bonds. The van der Waals surface area contributed by atoms with E-state index in [0.717, 1.165) is 0 Å². The summed E-state index contributed by atoms with van der Waals surface area (Å²) in [6.07, 6.45) is 0. The van der Waals surface area contributed by atoms with Gasteiger partial charge in [0.15, 0.2) is 11.5 Å². The van der Waals surface area contributed by atoms with Gasteiger partial charge >= 0.3 is 0 Å². The predicted molar refractivity (Wildman–Crippen MR) is 112 cm³/mol. The summed E-state index contributed by atoms with van der Waals surface area (Å²) in [5, 5.41) is 9.59. The van der Waals surface area contributed by atoms with E-state index < -0.39 is 29.5 Å². The molecule has 0 bridgehead atoms. The molecular formula is C20H20N4O7. The van der Waals surface area contributed by atoms with Crippen LogP contribution in [0, 0.1) is 0 Å². The summed E-state index contributed by atoms with van der Waals surface area (Å²) >= 11 is 0. The fourth-order valence-corrected chi connectivity index (χ4v) is 2.99. The molecule has 31 heavy (non-hydrogen) atoms. The molecule has 4 N–H and O–H groups in total. The highest BCUT2D eigenvalue weighted by Crippen LogP contribution is 2.34. The van der Waals surface area contributed by atoms with Gasteiger partial charge in [-0.1, -0.05) is 6.07 Å². The van der Waals surface area contributed by atoms with E-state index in [2.05, 4.69) is 20.8 Å². The quantitative estimate of drug-likeness (QED) is 0.430. The number of H-pyrrole nitrogens is 2. The highest BCUT2D eigenvalue weighted by atomic mass is 16.5. The second-order valence-electron chi connectivity index (χ2n) is 6.27. The van der Waals surface area contributed by atoms with Gasteiger partial charge in [0.25, 0.3) is 17.0 Å². The first-order chi connectivity index (χ1) is 14.9. The summed E-state index contributed by atoms with van der Waals surface area (Å²) in [6, 6.07) is 7.40. The number of benzene rings is 2. The summed E-state index contributed by atoms with van der Waals surface area (Å²) in [6.45, 7) is -0.395. The number of ether oxygens (including phenoxy) is 3. The standard InChI is InChI=1S/C20H20N4O7/c1-29-13-8-15(31-3)14(30-2)7-11(13)18(26)21-9-16(25)22-12-6-4-5-10-17(12)20(28)24-23-19(10)27/h4-8H,9H2,1-3H3,(H,21,26)(H,22,25)(H,23,27)(H,24,28).